The molecule has 0 fully saturated rings. The molecule has 5 rings (SSSR count). The van der Waals surface area contributed by atoms with Crippen LogP contribution in [0.2, 0.25) is 0 Å². The number of fused-ring (bicyclic) bond motifs is 2. The quantitative estimate of drug-likeness (QED) is 0.253. The molecule has 0 radical (unpaired) electrons. The molecule has 0 unspecified atom stereocenters. The summed E-state index contributed by atoms with van der Waals surface area (Å²) in [6.45, 7) is 1.73. The number of nitrogens with zero attached hydrogens (tertiary/aromatic N) is 4. The third kappa shape index (κ3) is 6.10. The summed E-state index contributed by atoms with van der Waals surface area (Å²) in [5, 5.41) is 0.601. The van der Waals surface area contributed by atoms with Crippen LogP contribution in [0.5, 0.6) is 5.75 Å². The smallest absolute Gasteiger partial charge is 0.264 e. The summed E-state index contributed by atoms with van der Waals surface area (Å²) in [5.41, 5.74) is 2.96. The second kappa shape index (κ2) is 12.6. The molecule has 8 nitrogen and oxygen atoms in total. The average molecular weight is 601 g/mol. The van der Waals surface area contributed by atoms with E-state index in [9.17, 15) is 13.2 Å². The predicted octanol–water partition coefficient (Wildman–Crippen LogP) is 5.47. The Morgan fingerprint density at radius 2 is 1.80 bits per heavy atom. The minimum absolute atomic E-state index is 0. The number of hydrogen-bond acceptors (Lipinski definition) is 7. The number of thiazole rings is 1. The van der Waals surface area contributed by atoms with Crippen LogP contribution in [0, 0.1) is 0 Å². The van der Waals surface area contributed by atoms with E-state index in [1.807, 2.05) is 56.6 Å². The number of rotatable bonds is 9. The van der Waals surface area contributed by atoms with Crippen LogP contribution >= 0.6 is 23.7 Å². The van der Waals surface area contributed by atoms with E-state index in [1.165, 1.54) is 27.8 Å². The second-order valence-corrected chi connectivity index (χ2v) is 12.6. The van der Waals surface area contributed by atoms with Gasteiger partial charge in [0.25, 0.3) is 15.9 Å². The first-order chi connectivity index (χ1) is 18.8. The van der Waals surface area contributed by atoms with E-state index in [2.05, 4.69) is 4.90 Å². The van der Waals surface area contributed by atoms with Crippen LogP contribution in [-0.2, 0) is 16.4 Å². The van der Waals surface area contributed by atoms with Crippen molar-refractivity contribution >= 4 is 60.7 Å². The third-order valence-electron chi connectivity index (χ3n) is 6.80. The first-order valence-corrected chi connectivity index (χ1v) is 15.2. The van der Waals surface area contributed by atoms with Gasteiger partial charge in [-0.05, 0) is 94.0 Å². The Hall–Kier alpha value is -3.18. The van der Waals surface area contributed by atoms with Crippen molar-refractivity contribution in [3.05, 3.63) is 77.9 Å². The Morgan fingerprint density at radius 1 is 1.05 bits per heavy atom. The van der Waals surface area contributed by atoms with Gasteiger partial charge in [0.1, 0.15) is 5.75 Å². The Morgan fingerprint density at radius 3 is 2.52 bits per heavy atom. The standard InChI is InChI=1S/C29H32N4O4S2.ClH/c1-31(2)17-7-18-32(29-30-25-16-13-23(37-3)20-27(25)38-29)28(34)22-11-14-24(15-12-22)39(35,36)33-19-6-9-21-8-4-5-10-26(21)33;/h4-5,8,10-16,20H,6-7,9,17-19H2,1-3H3;1H. The zero-order valence-electron chi connectivity index (χ0n) is 22.7. The summed E-state index contributed by atoms with van der Waals surface area (Å²) in [5.74, 6) is 0.517. The highest BCUT2D eigenvalue weighted by atomic mass is 35.5. The Bertz CT molecular complexity index is 1590. The zero-order valence-corrected chi connectivity index (χ0v) is 25.2. The molecule has 0 spiro atoms. The number of ether oxygens (including phenoxy) is 1. The lowest BCUT2D eigenvalue weighted by Gasteiger charge is -2.30. The predicted molar refractivity (Wildman–Crippen MR) is 164 cm³/mol. The number of sulfonamides is 1. The van der Waals surface area contributed by atoms with E-state index in [1.54, 1.807) is 24.1 Å². The van der Waals surface area contributed by atoms with Gasteiger partial charge >= 0.3 is 0 Å². The molecule has 1 aliphatic rings. The second-order valence-electron chi connectivity index (χ2n) is 9.78. The fraction of sp³-hybridized carbons (Fsp3) is 0.310. The molecule has 212 valence electrons. The van der Waals surface area contributed by atoms with Crippen LogP contribution in [0.1, 0.15) is 28.8 Å². The molecule has 2 heterocycles. The van der Waals surface area contributed by atoms with Crippen molar-refractivity contribution in [2.24, 2.45) is 0 Å². The van der Waals surface area contributed by atoms with E-state index in [-0.39, 0.29) is 23.2 Å². The highest BCUT2D eigenvalue weighted by molar-refractivity contribution is 7.92. The van der Waals surface area contributed by atoms with Crippen molar-refractivity contribution in [2.45, 2.75) is 24.2 Å². The van der Waals surface area contributed by atoms with Crippen molar-refractivity contribution in [1.82, 2.24) is 9.88 Å². The molecule has 3 aromatic carbocycles. The molecule has 1 aliphatic heterocycles. The zero-order chi connectivity index (χ0) is 27.6. The molecule has 0 N–H and O–H groups in total. The average Bonchev–Trinajstić information content (AvgIpc) is 3.37. The van der Waals surface area contributed by atoms with Crippen molar-refractivity contribution < 1.29 is 17.9 Å². The number of para-hydroxylation sites is 1. The van der Waals surface area contributed by atoms with Crippen molar-refractivity contribution in [3.8, 4) is 5.75 Å². The van der Waals surface area contributed by atoms with Gasteiger partial charge in [0.05, 0.1) is 27.9 Å². The van der Waals surface area contributed by atoms with Gasteiger partial charge < -0.3 is 9.64 Å². The molecule has 0 atom stereocenters. The maximum Gasteiger partial charge on any atom is 0.264 e. The normalized spacial score (nSPS) is 13.2. The van der Waals surface area contributed by atoms with Crippen LogP contribution in [0.25, 0.3) is 10.2 Å². The van der Waals surface area contributed by atoms with Crippen molar-refractivity contribution in [3.63, 3.8) is 0 Å². The minimum atomic E-state index is -3.76. The summed E-state index contributed by atoms with van der Waals surface area (Å²) < 4.78 is 34.9. The number of amides is 1. The van der Waals surface area contributed by atoms with E-state index >= 15 is 0 Å². The van der Waals surface area contributed by atoms with Gasteiger partial charge in [0, 0.05) is 18.7 Å². The molecule has 4 aromatic rings. The van der Waals surface area contributed by atoms with E-state index < -0.39 is 10.0 Å². The van der Waals surface area contributed by atoms with Gasteiger partial charge in [-0.25, -0.2) is 13.4 Å². The molecule has 0 bridgehead atoms. The van der Waals surface area contributed by atoms with Gasteiger partial charge in [0.2, 0.25) is 0 Å². The van der Waals surface area contributed by atoms with Crippen molar-refractivity contribution in [2.75, 3.05) is 50.0 Å². The SMILES string of the molecule is COc1ccc2nc(N(CCCN(C)C)C(=O)c3ccc(S(=O)(=O)N4CCCc5ccccc54)cc3)sc2c1.Cl. The summed E-state index contributed by atoms with van der Waals surface area (Å²) in [7, 11) is 1.85. The Kier molecular flexibility index (Phi) is 9.35. The number of carbonyl (C=O) groups excluding carboxylic acids is 1. The highest BCUT2D eigenvalue weighted by Crippen LogP contribution is 2.34. The lowest BCUT2D eigenvalue weighted by Crippen LogP contribution is -2.35. The monoisotopic (exact) mass is 600 g/mol. The lowest BCUT2D eigenvalue weighted by molar-refractivity contribution is 0.0986. The molecular weight excluding hydrogens is 568 g/mol. The number of anilines is 2. The molecular formula is C29H33ClN4O4S2. The van der Waals surface area contributed by atoms with Crippen LogP contribution in [0.15, 0.2) is 71.6 Å². The number of aryl methyl sites for hydroxylation is 1. The number of carbonyl (C=O) groups is 1. The summed E-state index contributed by atoms with van der Waals surface area (Å²) in [4.78, 5) is 22.4. The molecule has 0 saturated carbocycles. The molecule has 0 aliphatic carbocycles. The highest BCUT2D eigenvalue weighted by Gasteiger charge is 2.29. The maximum absolute atomic E-state index is 13.7. The number of benzene rings is 3. The van der Waals surface area contributed by atoms with Crippen LogP contribution in [-0.4, -0.2) is 65.0 Å². The van der Waals surface area contributed by atoms with Gasteiger partial charge in [-0.1, -0.05) is 29.5 Å². The van der Waals surface area contributed by atoms with Crippen LogP contribution < -0.4 is 13.9 Å². The molecule has 0 saturated heterocycles. The third-order valence-corrected chi connectivity index (χ3v) is 9.67. The first kappa shape index (κ1) is 29.8. The fourth-order valence-electron chi connectivity index (χ4n) is 4.77. The largest absolute Gasteiger partial charge is 0.497 e. The minimum Gasteiger partial charge on any atom is -0.497 e. The van der Waals surface area contributed by atoms with Gasteiger partial charge in [0.15, 0.2) is 5.13 Å². The van der Waals surface area contributed by atoms with E-state index in [4.69, 9.17) is 9.72 Å². The molecule has 1 aromatic heterocycles. The molecule has 1 amide bonds. The summed E-state index contributed by atoms with van der Waals surface area (Å²) >= 11 is 1.43. The first-order valence-electron chi connectivity index (χ1n) is 12.9. The van der Waals surface area contributed by atoms with Crippen LogP contribution in [0.3, 0.4) is 0 Å². The number of methoxy groups -OCH3 is 1. The van der Waals surface area contributed by atoms with Crippen molar-refractivity contribution in [1.29, 1.82) is 0 Å². The van der Waals surface area contributed by atoms with E-state index in [0.717, 1.165) is 53.0 Å². The van der Waals surface area contributed by atoms with Gasteiger partial charge in [-0.2, -0.15) is 0 Å². The molecule has 40 heavy (non-hydrogen) atoms. The van der Waals surface area contributed by atoms with Gasteiger partial charge in [-0.3, -0.25) is 14.0 Å². The number of aromatic nitrogens is 1. The molecule has 11 heteroatoms. The van der Waals surface area contributed by atoms with E-state index in [0.29, 0.717) is 23.8 Å². The maximum atomic E-state index is 13.7. The topological polar surface area (TPSA) is 83.0 Å². The fourth-order valence-corrected chi connectivity index (χ4v) is 7.33. The van der Waals surface area contributed by atoms with Crippen LogP contribution in [0.4, 0.5) is 10.8 Å². The number of halogens is 1. The lowest BCUT2D eigenvalue weighted by atomic mass is 10.0. The Balaban J connectivity index is 0.00000370. The number of hydrogen-bond donors (Lipinski definition) is 0. The Labute approximate surface area is 245 Å². The summed E-state index contributed by atoms with van der Waals surface area (Å²) in [6.07, 6.45) is 2.39. The van der Waals surface area contributed by atoms with Gasteiger partial charge in [-0.15, -0.1) is 12.4 Å². The summed E-state index contributed by atoms with van der Waals surface area (Å²) in [6, 6.07) is 19.5.